The summed E-state index contributed by atoms with van der Waals surface area (Å²) in [7, 11) is 0. The fraction of sp³-hybridized carbons (Fsp3) is 0.389. The Labute approximate surface area is 154 Å². The molecule has 1 aliphatic rings. The summed E-state index contributed by atoms with van der Waals surface area (Å²) in [6, 6.07) is 5.48. The monoisotopic (exact) mass is 380 g/mol. The van der Waals surface area contributed by atoms with Crippen LogP contribution >= 0.6 is 0 Å². The van der Waals surface area contributed by atoms with E-state index in [0.29, 0.717) is 26.2 Å². The van der Waals surface area contributed by atoms with E-state index in [-0.39, 0.29) is 17.4 Å². The van der Waals surface area contributed by atoms with Crippen molar-refractivity contribution in [2.24, 2.45) is 0 Å². The van der Waals surface area contributed by atoms with E-state index in [0.717, 1.165) is 12.1 Å². The van der Waals surface area contributed by atoms with Crippen LogP contribution < -0.4 is 0 Å². The van der Waals surface area contributed by atoms with Gasteiger partial charge in [0, 0.05) is 44.1 Å². The van der Waals surface area contributed by atoms with Crippen LogP contribution in [0.25, 0.3) is 0 Å². The lowest BCUT2D eigenvalue weighted by Gasteiger charge is -2.36. The molecular weight excluding hydrogens is 361 g/mol. The van der Waals surface area contributed by atoms with E-state index in [2.05, 4.69) is 5.10 Å². The molecule has 144 valence electrons. The Morgan fingerprint density at radius 3 is 2.15 bits per heavy atom. The van der Waals surface area contributed by atoms with Crippen molar-refractivity contribution in [2.45, 2.75) is 19.1 Å². The standard InChI is InChI=1S/C18H19F3N4O2/c1-13(25-8-2-7-22-25)16(26)23-9-11-24(12-10-23)17(27)14-3-5-15(6-4-14)18(19,20)21/h2-8,13H,9-12H2,1H3. The van der Waals surface area contributed by atoms with E-state index in [1.807, 2.05) is 0 Å². The third-order valence-corrected chi connectivity index (χ3v) is 4.62. The van der Waals surface area contributed by atoms with Gasteiger partial charge in [0.1, 0.15) is 6.04 Å². The summed E-state index contributed by atoms with van der Waals surface area (Å²) in [5.74, 6) is -0.420. The van der Waals surface area contributed by atoms with Crippen LogP contribution in [0, 0.1) is 0 Å². The number of piperazine rings is 1. The van der Waals surface area contributed by atoms with Gasteiger partial charge >= 0.3 is 6.18 Å². The zero-order valence-electron chi connectivity index (χ0n) is 14.7. The highest BCUT2D eigenvalue weighted by Gasteiger charge is 2.31. The fourth-order valence-corrected chi connectivity index (χ4v) is 3.00. The molecule has 1 atom stereocenters. The third-order valence-electron chi connectivity index (χ3n) is 4.62. The van der Waals surface area contributed by atoms with Gasteiger partial charge in [-0.25, -0.2) is 0 Å². The molecule has 9 heteroatoms. The Balaban J connectivity index is 1.58. The fourth-order valence-electron chi connectivity index (χ4n) is 3.00. The first kappa shape index (κ1) is 18.9. The topological polar surface area (TPSA) is 58.4 Å². The third kappa shape index (κ3) is 4.12. The maximum absolute atomic E-state index is 12.6. The summed E-state index contributed by atoms with van der Waals surface area (Å²) in [5, 5.41) is 4.06. The van der Waals surface area contributed by atoms with E-state index in [9.17, 15) is 22.8 Å². The van der Waals surface area contributed by atoms with E-state index in [4.69, 9.17) is 0 Å². The van der Waals surface area contributed by atoms with Crippen molar-refractivity contribution in [2.75, 3.05) is 26.2 Å². The molecule has 0 spiro atoms. The quantitative estimate of drug-likeness (QED) is 0.822. The molecule has 1 aromatic heterocycles. The summed E-state index contributed by atoms with van der Waals surface area (Å²) < 4.78 is 39.4. The Morgan fingerprint density at radius 2 is 1.63 bits per heavy atom. The normalized spacial score (nSPS) is 16.3. The second-order valence-electron chi connectivity index (χ2n) is 6.35. The number of hydrogen-bond donors (Lipinski definition) is 0. The number of benzene rings is 1. The maximum atomic E-state index is 12.6. The first-order valence-electron chi connectivity index (χ1n) is 8.52. The van der Waals surface area contributed by atoms with Crippen LogP contribution in [0.5, 0.6) is 0 Å². The van der Waals surface area contributed by atoms with E-state index >= 15 is 0 Å². The lowest BCUT2D eigenvalue weighted by atomic mass is 10.1. The average molecular weight is 380 g/mol. The summed E-state index contributed by atoms with van der Waals surface area (Å²) in [6.45, 7) is 3.16. The van der Waals surface area contributed by atoms with Gasteiger partial charge in [-0.1, -0.05) is 0 Å². The molecule has 1 unspecified atom stereocenters. The number of rotatable bonds is 3. The van der Waals surface area contributed by atoms with Gasteiger partial charge in [-0.15, -0.1) is 0 Å². The predicted molar refractivity (Wildman–Crippen MR) is 90.9 cm³/mol. The number of carbonyl (C=O) groups excluding carboxylic acids is 2. The van der Waals surface area contributed by atoms with Crippen LogP contribution in [0.1, 0.15) is 28.9 Å². The van der Waals surface area contributed by atoms with Gasteiger partial charge in [-0.2, -0.15) is 18.3 Å². The van der Waals surface area contributed by atoms with Crippen molar-refractivity contribution < 1.29 is 22.8 Å². The van der Waals surface area contributed by atoms with Gasteiger partial charge in [0.25, 0.3) is 5.91 Å². The van der Waals surface area contributed by atoms with Crippen LogP contribution in [0.2, 0.25) is 0 Å². The SMILES string of the molecule is CC(C(=O)N1CCN(C(=O)c2ccc(C(F)(F)F)cc2)CC1)n1cccn1. The van der Waals surface area contributed by atoms with Crippen molar-refractivity contribution >= 4 is 11.8 Å². The van der Waals surface area contributed by atoms with Crippen LogP contribution in [0.15, 0.2) is 42.7 Å². The highest BCUT2D eigenvalue weighted by Crippen LogP contribution is 2.29. The molecule has 0 radical (unpaired) electrons. The Kier molecular flexibility index (Phi) is 5.20. The second kappa shape index (κ2) is 7.42. The zero-order chi connectivity index (χ0) is 19.6. The minimum absolute atomic E-state index is 0.0830. The van der Waals surface area contributed by atoms with Crippen molar-refractivity contribution in [3.8, 4) is 0 Å². The van der Waals surface area contributed by atoms with Gasteiger partial charge in [0.2, 0.25) is 5.91 Å². The van der Waals surface area contributed by atoms with Gasteiger partial charge < -0.3 is 9.80 Å². The number of hydrogen-bond acceptors (Lipinski definition) is 3. The van der Waals surface area contributed by atoms with Crippen molar-refractivity contribution in [3.05, 3.63) is 53.9 Å². The molecule has 2 amide bonds. The molecule has 6 nitrogen and oxygen atoms in total. The van der Waals surface area contributed by atoms with Crippen LogP contribution in [-0.2, 0) is 11.0 Å². The lowest BCUT2D eigenvalue weighted by molar-refractivity contribution is -0.137. The van der Waals surface area contributed by atoms with Gasteiger partial charge in [0.15, 0.2) is 0 Å². The predicted octanol–water partition coefficient (Wildman–Crippen LogP) is 2.45. The number of halogens is 3. The molecule has 2 aromatic rings. The molecule has 0 saturated carbocycles. The van der Waals surface area contributed by atoms with E-state index < -0.39 is 17.8 Å². The Hall–Kier alpha value is -2.84. The molecular formula is C18H19F3N4O2. The average Bonchev–Trinajstić information content (AvgIpc) is 3.20. The first-order chi connectivity index (χ1) is 12.8. The Morgan fingerprint density at radius 1 is 1.04 bits per heavy atom. The van der Waals surface area contributed by atoms with E-state index in [1.165, 1.54) is 12.1 Å². The molecule has 2 heterocycles. The van der Waals surface area contributed by atoms with Gasteiger partial charge in [-0.05, 0) is 37.3 Å². The molecule has 0 bridgehead atoms. The Bertz CT molecular complexity index is 795. The highest BCUT2D eigenvalue weighted by molar-refractivity contribution is 5.94. The summed E-state index contributed by atoms with van der Waals surface area (Å²) in [5.41, 5.74) is -0.588. The van der Waals surface area contributed by atoms with Crippen LogP contribution in [0.4, 0.5) is 13.2 Å². The molecule has 0 N–H and O–H groups in total. The minimum atomic E-state index is -4.43. The zero-order valence-corrected chi connectivity index (χ0v) is 14.7. The van der Waals surface area contributed by atoms with Crippen molar-refractivity contribution in [3.63, 3.8) is 0 Å². The molecule has 1 aliphatic heterocycles. The minimum Gasteiger partial charge on any atom is -0.337 e. The van der Waals surface area contributed by atoms with Crippen molar-refractivity contribution in [1.82, 2.24) is 19.6 Å². The lowest BCUT2D eigenvalue weighted by Crippen LogP contribution is -2.51. The number of amides is 2. The summed E-state index contributed by atoms with van der Waals surface area (Å²) in [4.78, 5) is 28.2. The van der Waals surface area contributed by atoms with Gasteiger partial charge in [-0.3, -0.25) is 14.3 Å². The highest BCUT2D eigenvalue weighted by atomic mass is 19.4. The molecule has 3 rings (SSSR count). The maximum Gasteiger partial charge on any atom is 0.416 e. The van der Waals surface area contributed by atoms with E-state index in [1.54, 1.807) is 39.9 Å². The number of aromatic nitrogens is 2. The molecule has 1 saturated heterocycles. The van der Waals surface area contributed by atoms with Crippen LogP contribution in [-0.4, -0.2) is 57.6 Å². The first-order valence-corrected chi connectivity index (χ1v) is 8.52. The van der Waals surface area contributed by atoms with Crippen LogP contribution in [0.3, 0.4) is 0 Å². The van der Waals surface area contributed by atoms with Gasteiger partial charge in [0.05, 0.1) is 5.56 Å². The number of carbonyl (C=O) groups is 2. The largest absolute Gasteiger partial charge is 0.416 e. The second-order valence-corrected chi connectivity index (χ2v) is 6.35. The number of alkyl halides is 3. The number of nitrogens with zero attached hydrogens (tertiary/aromatic N) is 4. The summed E-state index contributed by atoms with van der Waals surface area (Å²) >= 11 is 0. The molecule has 0 aliphatic carbocycles. The molecule has 27 heavy (non-hydrogen) atoms. The summed E-state index contributed by atoms with van der Waals surface area (Å²) in [6.07, 6.45) is -1.11. The van der Waals surface area contributed by atoms with Crippen molar-refractivity contribution in [1.29, 1.82) is 0 Å². The smallest absolute Gasteiger partial charge is 0.337 e. The molecule has 1 aromatic carbocycles. The molecule has 1 fully saturated rings.